The highest BCUT2D eigenvalue weighted by Crippen LogP contribution is 2.29. The lowest BCUT2D eigenvalue weighted by molar-refractivity contribution is -0.119. The maximum Gasteiger partial charge on any atom is 0.230 e. The Kier molecular flexibility index (Phi) is 7.45. The molecule has 0 fully saturated rings. The highest BCUT2D eigenvalue weighted by molar-refractivity contribution is 7.99. The molecule has 1 aliphatic rings. The smallest absolute Gasteiger partial charge is 0.230 e. The molecule has 0 saturated carbocycles. The summed E-state index contributed by atoms with van der Waals surface area (Å²) in [6.07, 6.45) is 3.26. The van der Waals surface area contributed by atoms with Crippen molar-refractivity contribution in [3.8, 4) is 11.5 Å². The summed E-state index contributed by atoms with van der Waals surface area (Å²) in [5.74, 6) is 3.01. The van der Waals surface area contributed by atoms with Crippen LogP contribution in [0.2, 0.25) is 0 Å². The van der Waals surface area contributed by atoms with Gasteiger partial charge in [-0.25, -0.2) is 0 Å². The standard InChI is InChI=1S/C22H27NO3S/c1-2-25-18-10-12-19(13-11-18)26-14-15-27-16-22(24)23-21-9-5-7-17-6-3-4-8-20(17)21/h3-4,6,8,10-13,21H,2,5,7,9,14-16H2,1H3,(H,23,24). The van der Waals surface area contributed by atoms with Crippen molar-refractivity contribution < 1.29 is 14.3 Å². The molecule has 144 valence electrons. The molecule has 0 bridgehead atoms. The summed E-state index contributed by atoms with van der Waals surface area (Å²) in [7, 11) is 0. The monoisotopic (exact) mass is 385 g/mol. The topological polar surface area (TPSA) is 47.6 Å². The Balaban J connectivity index is 1.34. The van der Waals surface area contributed by atoms with Crippen molar-refractivity contribution in [3.05, 3.63) is 59.7 Å². The Hall–Kier alpha value is -2.14. The summed E-state index contributed by atoms with van der Waals surface area (Å²) in [5.41, 5.74) is 2.64. The fourth-order valence-corrected chi connectivity index (χ4v) is 3.94. The molecule has 0 radical (unpaired) electrons. The van der Waals surface area contributed by atoms with Crippen LogP contribution >= 0.6 is 11.8 Å². The van der Waals surface area contributed by atoms with Crippen LogP contribution < -0.4 is 14.8 Å². The number of benzene rings is 2. The second kappa shape index (κ2) is 10.3. The van der Waals surface area contributed by atoms with Crippen LogP contribution in [0.1, 0.15) is 36.9 Å². The van der Waals surface area contributed by atoms with Crippen molar-refractivity contribution in [1.29, 1.82) is 0 Å². The van der Waals surface area contributed by atoms with Gasteiger partial charge in [0.05, 0.1) is 25.0 Å². The number of aryl methyl sites for hydroxylation is 1. The lowest BCUT2D eigenvalue weighted by Gasteiger charge is -2.26. The zero-order chi connectivity index (χ0) is 18.9. The van der Waals surface area contributed by atoms with Gasteiger partial charge >= 0.3 is 0 Å². The van der Waals surface area contributed by atoms with E-state index >= 15 is 0 Å². The van der Waals surface area contributed by atoms with Gasteiger partial charge in [-0.3, -0.25) is 4.79 Å². The normalized spacial score (nSPS) is 15.7. The fourth-order valence-electron chi connectivity index (χ4n) is 3.32. The van der Waals surface area contributed by atoms with Crippen molar-refractivity contribution >= 4 is 17.7 Å². The SMILES string of the molecule is CCOc1ccc(OCCSCC(=O)NC2CCCc3ccccc32)cc1. The Morgan fingerprint density at radius 2 is 1.85 bits per heavy atom. The van der Waals surface area contributed by atoms with Gasteiger partial charge in [-0.15, -0.1) is 11.8 Å². The number of rotatable bonds is 9. The second-order valence-electron chi connectivity index (χ2n) is 6.52. The molecule has 1 unspecified atom stereocenters. The minimum Gasteiger partial charge on any atom is -0.494 e. The van der Waals surface area contributed by atoms with Gasteiger partial charge in [0.1, 0.15) is 11.5 Å². The van der Waals surface area contributed by atoms with E-state index in [1.807, 2.05) is 31.2 Å². The third kappa shape index (κ3) is 5.93. The van der Waals surface area contributed by atoms with E-state index in [4.69, 9.17) is 9.47 Å². The van der Waals surface area contributed by atoms with Gasteiger partial charge < -0.3 is 14.8 Å². The number of carbonyl (C=O) groups excluding carboxylic acids is 1. The lowest BCUT2D eigenvalue weighted by atomic mass is 9.88. The minimum atomic E-state index is 0.0998. The Bertz CT molecular complexity index is 733. The zero-order valence-corrected chi connectivity index (χ0v) is 16.6. The highest BCUT2D eigenvalue weighted by Gasteiger charge is 2.21. The van der Waals surface area contributed by atoms with E-state index in [1.165, 1.54) is 11.1 Å². The predicted octanol–water partition coefficient (Wildman–Crippen LogP) is 4.39. The molecule has 1 amide bonds. The van der Waals surface area contributed by atoms with E-state index in [0.717, 1.165) is 36.5 Å². The van der Waals surface area contributed by atoms with E-state index in [9.17, 15) is 4.79 Å². The predicted molar refractivity (Wildman–Crippen MR) is 111 cm³/mol. The molecule has 0 saturated heterocycles. The van der Waals surface area contributed by atoms with Crippen molar-refractivity contribution in [2.24, 2.45) is 0 Å². The number of amides is 1. The van der Waals surface area contributed by atoms with Gasteiger partial charge in [-0.1, -0.05) is 24.3 Å². The number of ether oxygens (including phenoxy) is 2. The first-order valence-corrected chi connectivity index (χ1v) is 10.7. The van der Waals surface area contributed by atoms with Crippen LogP contribution in [0.4, 0.5) is 0 Å². The average Bonchev–Trinajstić information content (AvgIpc) is 2.69. The van der Waals surface area contributed by atoms with Gasteiger partial charge in [-0.2, -0.15) is 0 Å². The number of nitrogens with one attached hydrogen (secondary N) is 1. The number of thioether (sulfide) groups is 1. The lowest BCUT2D eigenvalue weighted by Crippen LogP contribution is -2.32. The largest absolute Gasteiger partial charge is 0.494 e. The first-order chi connectivity index (χ1) is 13.3. The molecule has 3 rings (SSSR count). The molecule has 2 aromatic carbocycles. The minimum absolute atomic E-state index is 0.0998. The summed E-state index contributed by atoms with van der Waals surface area (Å²) >= 11 is 1.60. The molecule has 5 heteroatoms. The van der Waals surface area contributed by atoms with Gasteiger partial charge in [-0.05, 0) is 61.6 Å². The molecule has 4 nitrogen and oxygen atoms in total. The molecule has 1 atom stereocenters. The van der Waals surface area contributed by atoms with Crippen molar-refractivity contribution in [1.82, 2.24) is 5.32 Å². The van der Waals surface area contributed by atoms with E-state index in [1.54, 1.807) is 11.8 Å². The van der Waals surface area contributed by atoms with Gasteiger partial charge in [0.15, 0.2) is 0 Å². The fraction of sp³-hybridized carbons (Fsp3) is 0.409. The summed E-state index contributed by atoms with van der Waals surface area (Å²) in [6.45, 7) is 3.20. The highest BCUT2D eigenvalue weighted by atomic mass is 32.2. The number of carbonyl (C=O) groups is 1. The molecule has 2 aromatic rings. The number of hydrogen-bond donors (Lipinski definition) is 1. The zero-order valence-electron chi connectivity index (χ0n) is 15.8. The maximum atomic E-state index is 12.3. The van der Waals surface area contributed by atoms with Gasteiger partial charge in [0.25, 0.3) is 0 Å². The van der Waals surface area contributed by atoms with Gasteiger partial charge in [0, 0.05) is 5.75 Å². The van der Waals surface area contributed by atoms with Crippen molar-refractivity contribution in [3.63, 3.8) is 0 Å². The number of fused-ring (bicyclic) bond motifs is 1. The molecule has 1 aliphatic carbocycles. The second-order valence-corrected chi connectivity index (χ2v) is 7.62. The van der Waals surface area contributed by atoms with Crippen LogP contribution in [0.15, 0.2) is 48.5 Å². The molecular formula is C22H27NO3S. The molecule has 0 spiro atoms. The van der Waals surface area contributed by atoms with Gasteiger partial charge in [0.2, 0.25) is 5.91 Å². The van der Waals surface area contributed by atoms with Crippen molar-refractivity contribution in [2.45, 2.75) is 32.2 Å². The van der Waals surface area contributed by atoms with Crippen LogP contribution in [0.5, 0.6) is 11.5 Å². The van der Waals surface area contributed by atoms with Crippen LogP contribution in [0.25, 0.3) is 0 Å². The molecule has 0 aromatic heterocycles. The first kappa shape index (κ1) is 19.6. The molecule has 1 N–H and O–H groups in total. The molecule has 0 aliphatic heterocycles. The molecule has 27 heavy (non-hydrogen) atoms. The molecule has 0 heterocycles. The Morgan fingerprint density at radius 3 is 2.63 bits per heavy atom. The quantitative estimate of drug-likeness (QED) is 0.650. The third-order valence-electron chi connectivity index (χ3n) is 4.57. The van der Waals surface area contributed by atoms with Crippen LogP contribution in [-0.2, 0) is 11.2 Å². The summed E-state index contributed by atoms with van der Waals surface area (Å²) < 4.78 is 11.1. The Morgan fingerprint density at radius 1 is 1.11 bits per heavy atom. The van der Waals surface area contributed by atoms with Crippen LogP contribution in [0.3, 0.4) is 0 Å². The van der Waals surface area contributed by atoms with E-state index in [0.29, 0.717) is 19.0 Å². The van der Waals surface area contributed by atoms with E-state index in [-0.39, 0.29) is 11.9 Å². The summed E-state index contributed by atoms with van der Waals surface area (Å²) in [4.78, 5) is 12.3. The number of hydrogen-bond acceptors (Lipinski definition) is 4. The summed E-state index contributed by atoms with van der Waals surface area (Å²) in [5, 5.41) is 3.19. The van der Waals surface area contributed by atoms with E-state index in [2.05, 4.69) is 29.6 Å². The summed E-state index contributed by atoms with van der Waals surface area (Å²) in [6, 6.07) is 16.2. The Labute approximate surface area is 165 Å². The van der Waals surface area contributed by atoms with Crippen LogP contribution in [-0.4, -0.2) is 30.6 Å². The maximum absolute atomic E-state index is 12.3. The van der Waals surface area contributed by atoms with E-state index < -0.39 is 0 Å². The third-order valence-corrected chi connectivity index (χ3v) is 5.49. The first-order valence-electron chi connectivity index (χ1n) is 9.57. The molecular weight excluding hydrogens is 358 g/mol. The average molecular weight is 386 g/mol. The van der Waals surface area contributed by atoms with Crippen molar-refractivity contribution in [2.75, 3.05) is 24.7 Å². The van der Waals surface area contributed by atoms with Crippen LogP contribution in [0, 0.1) is 0 Å².